The molecular weight excluding hydrogens is 577 g/mol. The van der Waals surface area contributed by atoms with Crippen LogP contribution in [-0.2, 0) is 23.5 Å². The number of fused-ring (bicyclic) bond motifs is 1. The Balaban J connectivity index is 0.00000400. The van der Waals surface area contributed by atoms with Crippen molar-refractivity contribution in [3.8, 4) is 17.4 Å². The first kappa shape index (κ1) is 30.0. The Bertz CT molecular complexity index is 1420. The number of halogens is 2. The van der Waals surface area contributed by atoms with E-state index in [1.54, 1.807) is 7.11 Å². The van der Waals surface area contributed by atoms with Crippen LogP contribution >= 0.6 is 29.6 Å². The summed E-state index contributed by atoms with van der Waals surface area (Å²) < 4.78 is 50.2. The number of aromatic nitrogens is 3. The molecule has 206 valence electrons. The van der Waals surface area contributed by atoms with Crippen LogP contribution in [0.3, 0.4) is 0 Å². The van der Waals surface area contributed by atoms with E-state index >= 15 is 0 Å². The third-order valence-electron chi connectivity index (χ3n) is 5.28. The van der Waals surface area contributed by atoms with Gasteiger partial charge >= 0.3 is 10.5 Å². The van der Waals surface area contributed by atoms with Crippen molar-refractivity contribution in [3.05, 3.63) is 46.7 Å². The Morgan fingerprint density at radius 2 is 1.84 bits per heavy atom. The van der Waals surface area contributed by atoms with Gasteiger partial charge in [-0.3, -0.25) is 0 Å². The van der Waals surface area contributed by atoms with Gasteiger partial charge in [-0.25, -0.2) is 9.97 Å². The number of hydrogen-bond donors (Lipinski definition) is 2. The number of nitrogens with one attached hydrogen (secondary N) is 2. The molecule has 0 saturated heterocycles. The summed E-state index contributed by atoms with van der Waals surface area (Å²) in [5.41, 5.74) is 3.43. The number of pyridine rings is 1. The molecular formula is C22H28ClFN6O5P2S. The molecule has 0 spiro atoms. The molecule has 16 heteroatoms. The van der Waals surface area contributed by atoms with Crippen LogP contribution in [0.1, 0.15) is 11.1 Å². The molecule has 11 nitrogen and oxygen atoms in total. The maximum absolute atomic E-state index is 13.0. The molecule has 0 radical (unpaired) electrons. The average Bonchev–Trinajstić information content (AvgIpc) is 2.81. The van der Waals surface area contributed by atoms with Gasteiger partial charge in [-0.15, -0.1) is 0 Å². The van der Waals surface area contributed by atoms with Crippen molar-refractivity contribution in [1.29, 1.82) is 0 Å². The molecule has 1 unspecified atom stereocenters. The highest BCUT2D eigenvalue weighted by Gasteiger charge is 2.19. The van der Waals surface area contributed by atoms with Crippen LogP contribution in [-0.4, -0.2) is 62.3 Å². The summed E-state index contributed by atoms with van der Waals surface area (Å²) in [6, 6.07) is 5.20. The Labute approximate surface area is 230 Å². The number of anilines is 4. The summed E-state index contributed by atoms with van der Waals surface area (Å²) in [7, 11) is -2.51. The van der Waals surface area contributed by atoms with E-state index in [1.165, 1.54) is 23.5 Å². The van der Waals surface area contributed by atoms with E-state index in [2.05, 4.69) is 41.7 Å². The van der Waals surface area contributed by atoms with Gasteiger partial charge in [-0.1, -0.05) is 15.5 Å². The lowest BCUT2D eigenvalue weighted by Gasteiger charge is -2.26. The summed E-state index contributed by atoms with van der Waals surface area (Å²) in [6.45, 7) is 5.46. The Hall–Kier alpha value is -2.56. The minimum Gasteiger partial charge on any atom is -0.495 e. The number of rotatable bonds is 9. The molecule has 1 aliphatic heterocycles. The minimum absolute atomic E-state index is 0. The highest BCUT2D eigenvalue weighted by atomic mass is 35.5. The molecule has 1 atom stereocenters. The molecule has 38 heavy (non-hydrogen) atoms. The van der Waals surface area contributed by atoms with Crippen LogP contribution in [0.15, 0.2) is 30.6 Å². The summed E-state index contributed by atoms with van der Waals surface area (Å²) in [4.78, 5) is 14.8. The number of hydrogen-bond acceptors (Lipinski definition) is 11. The molecule has 2 N–H and O–H groups in total. The zero-order valence-electron chi connectivity index (χ0n) is 21.2. The smallest absolute Gasteiger partial charge is 0.490 e. The lowest BCUT2D eigenvalue weighted by atomic mass is 9.99. The minimum atomic E-state index is -5.25. The second-order valence-electron chi connectivity index (χ2n) is 8.35. The van der Waals surface area contributed by atoms with Crippen LogP contribution in [0, 0.1) is 0 Å². The van der Waals surface area contributed by atoms with Gasteiger partial charge in [0, 0.05) is 19.2 Å². The van der Waals surface area contributed by atoms with Crippen LogP contribution in [0.5, 0.6) is 17.4 Å². The second-order valence-corrected chi connectivity index (χ2v) is 11.5. The summed E-state index contributed by atoms with van der Waals surface area (Å²) in [5.74, 6) is 0.830. The molecule has 2 aromatic heterocycles. The first-order valence-electron chi connectivity index (χ1n) is 10.9. The molecule has 3 heterocycles. The van der Waals surface area contributed by atoms with Crippen molar-refractivity contribution >= 4 is 63.3 Å². The lowest BCUT2D eigenvalue weighted by molar-refractivity contribution is 0.312. The Kier molecular flexibility index (Phi) is 9.89. The number of benzene rings is 1. The standard InChI is InChI=1S/C22H25ClFN6O5PS.H3P/c1-30-6-5-13-8-18(33-2)16(7-14(13)12-30)28-22-26-10-15(23)21(29-22)27-17-11-25-20(35-37(24,31)32)9-19(17)34-36(3)4;/h7-11H,5-6,12H2,1-4H3,(H2,26,27,28,29);1H3. The second kappa shape index (κ2) is 12.5. The summed E-state index contributed by atoms with van der Waals surface area (Å²) in [6.07, 6.45) is 3.58. The van der Waals surface area contributed by atoms with E-state index in [1.807, 2.05) is 25.5 Å². The predicted octanol–water partition coefficient (Wildman–Crippen LogP) is 4.70. The highest BCUT2D eigenvalue weighted by Crippen LogP contribution is 2.39. The Morgan fingerprint density at radius 1 is 1.08 bits per heavy atom. The molecule has 0 aliphatic carbocycles. The van der Waals surface area contributed by atoms with Gasteiger partial charge in [0.05, 0.1) is 33.3 Å². The van der Waals surface area contributed by atoms with Crippen molar-refractivity contribution in [1.82, 2.24) is 19.9 Å². The molecule has 0 fully saturated rings. The van der Waals surface area contributed by atoms with Gasteiger partial charge in [-0.05, 0) is 50.1 Å². The van der Waals surface area contributed by atoms with Gasteiger partial charge in [0.2, 0.25) is 11.8 Å². The third-order valence-corrected chi connectivity index (χ3v) is 6.48. The zero-order chi connectivity index (χ0) is 26.7. The normalized spacial score (nSPS) is 13.3. The van der Waals surface area contributed by atoms with E-state index in [0.29, 0.717) is 17.1 Å². The quantitative estimate of drug-likeness (QED) is 0.261. The largest absolute Gasteiger partial charge is 0.495 e. The monoisotopic (exact) mass is 604 g/mol. The van der Waals surface area contributed by atoms with E-state index in [4.69, 9.17) is 20.9 Å². The molecule has 0 amide bonds. The van der Waals surface area contributed by atoms with Crippen molar-refractivity contribution in [2.75, 3.05) is 44.7 Å². The molecule has 1 aromatic carbocycles. The van der Waals surface area contributed by atoms with Crippen LogP contribution in [0.2, 0.25) is 5.02 Å². The molecule has 4 rings (SSSR count). The van der Waals surface area contributed by atoms with Crippen molar-refractivity contribution in [3.63, 3.8) is 0 Å². The Morgan fingerprint density at radius 3 is 2.53 bits per heavy atom. The first-order valence-corrected chi connectivity index (χ1v) is 14.8. The van der Waals surface area contributed by atoms with Gasteiger partial charge in [0.15, 0.2) is 11.6 Å². The van der Waals surface area contributed by atoms with Crippen LogP contribution < -0.4 is 24.1 Å². The lowest BCUT2D eigenvalue weighted by Crippen LogP contribution is -2.26. The zero-order valence-corrected chi connectivity index (χ0v) is 25.0. The van der Waals surface area contributed by atoms with Crippen LogP contribution in [0.4, 0.5) is 27.0 Å². The summed E-state index contributed by atoms with van der Waals surface area (Å²) in [5, 5.41) is 6.40. The van der Waals surface area contributed by atoms with Crippen molar-refractivity contribution < 1.29 is 25.7 Å². The molecule has 0 bridgehead atoms. The molecule has 1 aliphatic rings. The van der Waals surface area contributed by atoms with Crippen molar-refractivity contribution in [2.24, 2.45) is 0 Å². The van der Waals surface area contributed by atoms with Crippen LogP contribution in [0.25, 0.3) is 0 Å². The van der Waals surface area contributed by atoms with Gasteiger partial charge in [-0.2, -0.15) is 23.3 Å². The summed E-state index contributed by atoms with van der Waals surface area (Å²) >= 11 is 6.34. The third kappa shape index (κ3) is 7.74. The topological polar surface area (TPSA) is 128 Å². The SMILES string of the molecule is COc1cc2c(cc1Nc1ncc(Cl)c(Nc3cnc(OS(=O)(=O)F)cc3OP(C)C)n1)CN(C)CC2.P. The van der Waals surface area contributed by atoms with E-state index in [-0.39, 0.29) is 32.4 Å². The fourth-order valence-electron chi connectivity index (χ4n) is 3.69. The number of nitrogens with zero attached hydrogens (tertiary/aromatic N) is 4. The number of ether oxygens (including phenoxy) is 1. The highest BCUT2D eigenvalue weighted by molar-refractivity contribution is 7.81. The van der Waals surface area contributed by atoms with E-state index in [0.717, 1.165) is 25.6 Å². The average molecular weight is 605 g/mol. The van der Waals surface area contributed by atoms with Gasteiger partial charge in [0.1, 0.15) is 16.5 Å². The van der Waals surface area contributed by atoms with E-state index < -0.39 is 24.5 Å². The number of likely N-dealkylation sites (N-methyl/N-ethyl adjacent to an activating group) is 1. The fourth-order valence-corrected chi connectivity index (χ4v) is 4.67. The predicted molar refractivity (Wildman–Crippen MR) is 152 cm³/mol. The van der Waals surface area contributed by atoms with Gasteiger partial charge in [0.25, 0.3) is 0 Å². The van der Waals surface area contributed by atoms with E-state index in [9.17, 15) is 12.3 Å². The maximum Gasteiger partial charge on any atom is 0.490 e. The number of methoxy groups -OCH3 is 1. The fraction of sp³-hybridized carbons (Fsp3) is 0.318. The van der Waals surface area contributed by atoms with Crippen molar-refractivity contribution in [2.45, 2.75) is 13.0 Å². The molecule has 0 saturated carbocycles. The maximum atomic E-state index is 13.0. The van der Waals surface area contributed by atoms with Gasteiger partial charge < -0.3 is 29.0 Å². The molecule has 3 aromatic rings. The first-order chi connectivity index (χ1) is 17.5.